The van der Waals surface area contributed by atoms with Crippen molar-refractivity contribution in [1.82, 2.24) is 0 Å². The molecule has 2 atom stereocenters. The Morgan fingerprint density at radius 1 is 1.24 bits per heavy atom. The zero-order chi connectivity index (χ0) is 12.5. The Labute approximate surface area is 104 Å². The highest BCUT2D eigenvalue weighted by Gasteiger charge is 2.50. The smallest absolute Gasteiger partial charge is 0.0662 e. The molecule has 0 bridgehead atoms. The third-order valence-corrected chi connectivity index (χ3v) is 4.39. The maximum Gasteiger partial charge on any atom is 0.0662 e. The summed E-state index contributed by atoms with van der Waals surface area (Å²) in [5.74, 6) is 0. The van der Waals surface area contributed by atoms with E-state index in [9.17, 15) is 5.11 Å². The van der Waals surface area contributed by atoms with Crippen molar-refractivity contribution in [3.63, 3.8) is 0 Å². The lowest BCUT2D eigenvalue weighted by molar-refractivity contribution is -0.00463. The second-order valence-electron chi connectivity index (χ2n) is 6.12. The monoisotopic (exact) mass is 233 g/mol. The van der Waals surface area contributed by atoms with Gasteiger partial charge in [-0.05, 0) is 30.2 Å². The summed E-state index contributed by atoms with van der Waals surface area (Å²) in [5.41, 5.74) is 7.10. The topological polar surface area (TPSA) is 46.2 Å². The summed E-state index contributed by atoms with van der Waals surface area (Å²) >= 11 is 0. The van der Waals surface area contributed by atoms with Crippen molar-refractivity contribution in [1.29, 1.82) is 0 Å². The molecule has 0 radical (unpaired) electrons. The molecule has 0 aliphatic heterocycles. The minimum absolute atomic E-state index is 0.00580. The number of benzene rings is 1. The molecular weight excluding hydrogens is 210 g/mol. The molecule has 1 aliphatic rings. The van der Waals surface area contributed by atoms with Crippen LogP contribution >= 0.6 is 0 Å². The van der Waals surface area contributed by atoms with E-state index >= 15 is 0 Å². The van der Waals surface area contributed by atoms with Gasteiger partial charge in [-0.2, -0.15) is 0 Å². The summed E-state index contributed by atoms with van der Waals surface area (Å²) in [6.07, 6.45) is 2.65. The molecule has 2 nitrogen and oxygen atoms in total. The Hall–Kier alpha value is -0.860. The highest BCUT2D eigenvalue weighted by atomic mass is 16.3. The van der Waals surface area contributed by atoms with Crippen molar-refractivity contribution in [3.8, 4) is 0 Å². The molecule has 0 saturated heterocycles. The molecule has 2 rings (SSSR count). The van der Waals surface area contributed by atoms with Crippen LogP contribution in [0.25, 0.3) is 0 Å². The number of hydrogen-bond acceptors (Lipinski definition) is 2. The predicted octanol–water partition coefficient (Wildman–Crippen LogP) is 2.36. The van der Waals surface area contributed by atoms with Crippen molar-refractivity contribution in [2.45, 2.75) is 39.2 Å². The van der Waals surface area contributed by atoms with Crippen LogP contribution in [0, 0.1) is 10.8 Å². The van der Waals surface area contributed by atoms with Crippen LogP contribution in [0.4, 0.5) is 0 Å². The molecule has 94 valence electrons. The molecule has 0 aromatic heterocycles. The van der Waals surface area contributed by atoms with Crippen LogP contribution < -0.4 is 5.73 Å². The Morgan fingerprint density at radius 3 is 2.35 bits per heavy atom. The van der Waals surface area contributed by atoms with E-state index in [0.29, 0.717) is 6.54 Å². The van der Waals surface area contributed by atoms with E-state index in [1.807, 2.05) is 18.2 Å². The summed E-state index contributed by atoms with van der Waals surface area (Å²) in [6, 6.07) is 10.4. The number of aliphatic hydroxyl groups excluding tert-OH is 1. The van der Waals surface area contributed by atoms with Gasteiger partial charge in [0.15, 0.2) is 0 Å². The van der Waals surface area contributed by atoms with Gasteiger partial charge in [0.1, 0.15) is 0 Å². The normalized spacial score (nSPS) is 31.6. The molecule has 0 spiro atoms. The lowest BCUT2D eigenvalue weighted by atomic mass is 9.74. The van der Waals surface area contributed by atoms with Gasteiger partial charge < -0.3 is 10.8 Å². The summed E-state index contributed by atoms with van der Waals surface area (Å²) in [6.45, 7) is 4.84. The van der Waals surface area contributed by atoms with E-state index in [1.165, 1.54) is 5.56 Å². The lowest BCUT2D eigenvalue weighted by Gasteiger charge is -2.36. The van der Waals surface area contributed by atoms with Gasteiger partial charge in [-0.25, -0.2) is 0 Å². The minimum Gasteiger partial charge on any atom is -0.392 e. The van der Waals surface area contributed by atoms with Gasteiger partial charge in [0, 0.05) is 12.0 Å². The summed E-state index contributed by atoms with van der Waals surface area (Å²) in [7, 11) is 0. The highest BCUT2D eigenvalue weighted by Crippen LogP contribution is 2.50. The first-order valence-electron chi connectivity index (χ1n) is 6.42. The van der Waals surface area contributed by atoms with E-state index in [4.69, 9.17) is 5.73 Å². The van der Waals surface area contributed by atoms with Gasteiger partial charge in [-0.3, -0.25) is 0 Å². The third kappa shape index (κ3) is 2.24. The number of aliphatic hydroxyl groups is 1. The van der Waals surface area contributed by atoms with Crippen LogP contribution in [0.3, 0.4) is 0 Å². The molecule has 1 fully saturated rings. The van der Waals surface area contributed by atoms with Crippen molar-refractivity contribution >= 4 is 0 Å². The molecule has 1 aliphatic carbocycles. The zero-order valence-corrected chi connectivity index (χ0v) is 10.8. The van der Waals surface area contributed by atoms with Crippen molar-refractivity contribution < 1.29 is 5.11 Å². The Bertz CT molecular complexity index is 374. The van der Waals surface area contributed by atoms with Crippen LogP contribution in [0.15, 0.2) is 30.3 Å². The number of rotatable bonds is 3. The van der Waals surface area contributed by atoms with E-state index < -0.39 is 0 Å². The highest BCUT2D eigenvalue weighted by molar-refractivity contribution is 5.19. The zero-order valence-electron chi connectivity index (χ0n) is 10.8. The average Bonchev–Trinajstić information content (AvgIpc) is 2.55. The van der Waals surface area contributed by atoms with Crippen molar-refractivity contribution in [2.24, 2.45) is 16.6 Å². The Morgan fingerprint density at radius 2 is 1.88 bits per heavy atom. The quantitative estimate of drug-likeness (QED) is 0.842. The molecular formula is C15H23NO. The largest absolute Gasteiger partial charge is 0.392 e. The Kier molecular flexibility index (Phi) is 3.28. The Balaban J connectivity index is 2.22. The van der Waals surface area contributed by atoms with E-state index in [-0.39, 0.29) is 16.9 Å². The van der Waals surface area contributed by atoms with Crippen LogP contribution in [0.1, 0.15) is 32.3 Å². The molecule has 1 saturated carbocycles. The predicted molar refractivity (Wildman–Crippen MR) is 70.7 cm³/mol. The van der Waals surface area contributed by atoms with Gasteiger partial charge in [0.2, 0.25) is 0 Å². The van der Waals surface area contributed by atoms with Crippen molar-refractivity contribution in [3.05, 3.63) is 35.9 Å². The van der Waals surface area contributed by atoms with Crippen LogP contribution in [0.2, 0.25) is 0 Å². The van der Waals surface area contributed by atoms with Gasteiger partial charge >= 0.3 is 0 Å². The number of nitrogens with two attached hydrogens (primary N) is 1. The van der Waals surface area contributed by atoms with E-state index in [1.54, 1.807) is 0 Å². The van der Waals surface area contributed by atoms with Crippen LogP contribution in [0.5, 0.6) is 0 Å². The molecule has 2 heteroatoms. The average molecular weight is 233 g/mol. The minimum atomic E-state index is -0.305. The fourth-order valence-electron chi connectivity index (χ4n) is 3.15. The summed E-state index contributed by atoms with van der Waals surface area (Å²) in [5, 5.41) is 10.5. The third-order valence-electron chi connectivity index (χ3n) is 4.39. The van der Waals surface area contributed by atoms with E-state index in [2.05, 4.69) is 26.0 Å². The van der Waals surface area contributed by atoms with Crippen LogP contribution in [-0.2, 0) is 6.42 Å². The van der Waals surface area contributed by atoms with E-state index in [0.717, 1.165) is 19.3 Å². The second kappa shape index (κ2) is 4.43. The SMILES string of the molecule is CC1(C)CCC(CN)(Cc2ccccc2)C1O. The molecule has 1 aromatic carbocycles. The molecule has 0 heterocycles. The maximum absolute atomic E-state index is 10.5. The second-order valence-corrected chi connectivity index (χ2v) is 6.12. The standard InChI is InChI=1S/C15H23NO/c1-14(2)8-9-15(11-16,13(14)17)10-12-6-4-3-5-7-12/h3-7,13,17H,8-11,16H2,1-2H3. The molecule has 17 heavy (non-hydrogen) atoms. The summed E-state index contributed by atoms with van der Waals surface area (Å²) < 4.78 is 0. The van der Waals surface area contributed by atoms with Crippen LogP contribution in [-0.4, -0.2) is 17.8 Å². The molecule has 0 amide bonds. The fourth-order valence-corrected chi connectivity index (χ4v) is 3.15. The first-order chi connectivity index (χ1) is 8.00. The first-order valence-corrected chi connectivity index (χ1v) is 6.42. The number of hydrogen-bond donors (Lipinski definition) is 2. The summed E-state index contributed by atoms with van der Waals surface area (Å²) in [4.78, 5) is 0. The molecule has 3 N–H and O–H groups in total. The van der Waals surface area contributed by atoms with Gasteiger partial charge in [0.05, 0.1) is 6.10 Å². The molecule has 2 unspecified atom stereocenters. The van der Waals surface area contributed by atoms with Crippen molar-refractivity contribution in [2.75, 3.05) is 6.54 Å². The fraction of sp³-hybridized carbons (Fsp3) is 0.600. The maximum atomic E-state index is 10.5. The van der Waals surface area contributed by atoms with Gasteiger partial charge in [0.25, 0.3) is 0 Å². The molecule has 1 aromatic rings. The first kappa shape index (κ1) is 12.6. The lowest BCUT2D eigenvalue weighted by Crippen LogP contribution is -2.44. The van der Waals surface area contributed by atoms with Gasteiger partial charge in [-0.1, -0.05) is 44.2 Å². The van der Waals surface area contributed by atoms with Gasteiger partial charge in [-0.15, -0.1) is 0 Å².